The number of benzene rings is 2. The number of nitrogens with two attached hydrogens (primary N) is 2. The SMILES string of the molecule is COc1cc(CNC(=O)C(CC2CCCCC2)N=C(N)NC(=O)Cc2ccc(S(N)(=O)=O)cc2)ccc1F. The molecular formula is C26H34FN5O5S. The number of ether oxygens (including phenoxy) is 1. The summed E-state index contributed by atoms with van der Waals surface area (Å²) in [5, 5.41) is 10.4. The van der Waals surface area contributed by atoms with Crippen molar-refractivity contribution in [2.75, 3.05) is 7.11 Å². The number of hydrogen-bond donors (Lipinski definition) is 4. The van der Waals surface area contributed by atoms with Crippen molar-refractivity contribution in [2.24, 2.45) is 21.8 Å². The molecule has 1 aliphatic carbocycles. The highest BCUT2D eigenvalue weighted by atomic mass is 32.2. The van der Waals surface area contributed by atoms with Gasteiger partial charge in [0.25, 0.3) is 0 Å². The lowest BCUT2D eigenvalue weighted by Gasteiger charge is -2.24. The molecule has 10 nitrogen and oxygen atoms in total. The number of halogens is 1. The van der Waals surface area contributed by atoms with E-state index >= 15 is 0 Å². The lowest BCUT2D eigenvalue weighted by atomic mass is 9.84. The minimum Gasteiger partial charge on any atom is -0.494 e. The van der Waals surface area contributed by atoms with E-state index in [2.05, 4.69) is 15.6 Å². The van der Waals surface area contributed by atoms with Crippen LogP contribution in [-0.2, 0) is 32.6 Å². The fourth-order valence-electron chi connectivity index (χ4n) is 4.45. The highest BCUT2D eigenvalue weighted by Crippen LogP contribution is 2.28. The third kappa shape index (κ3) is 8.80. The number of nitrogens with zero attached hydrogens (tertiary/aromatic N) is 1. The summed E-state index contributed by atoms with van der Waals surface area (Å²) in [6.07, 6.45) is 5.75. The van der Waals surface area contributed by atoms with Crippen LogP contribution < -0.4 is 26.2 Å². The van der Waals surface area contributed by atoms with Gasteiger partial charge in [-0.1, -0.05) is 50.3 Å². The number of rotatable bonds is 10. The molecule has 0 radical (unpaired) electrons. The van der Waals surface area contributed by atoms with Gasteiger partial charge in [-0.05, 0) is 47.7 Å². The maximum Gasteiger partial charge on any atom is 0.245 e. The molecule has 2 aromatic carbocycles. The van der Waals surface area contributed by atoms with Crippen LogP contribution >= 0.6 is 0 Å². The number of nitrogens with one attached hydrogen (secondary N) is 2. The summed E-state index contributed by atoms with van der Waals surface area (Å²) in [4.78, 5) is 29.8. The Morgan fingerprint density at radius 2 is 1.76 bits per heavy atom. The third-order valence-corrected chi connectivity index (χ3v) is 7.37. The van der Waals surface area contributed by atoms with Gasteiger partial charge in [0, 0.05) is 6.54 Å². The summed E-state index contributed by atoms with van der Waals surface area (Å²) in [5.74, 6) is -1.10. The second-order valence-corrected chi connectivity index (χ2v) is 10.9. The van der Waals surface area contributed by atoms with Crippen molar-refractivity contribution in [3.05, 3.63) is 59.4 Å². The van der Waals surface area contributed by atoms with Gasteiger partial charge in [0.2, 0.25) is 21.8 Å². The summed E-state index contributed by atoms with van der Waals surface area (Å²) < 4.78 is 41.5. The van der Waals surface area contributed by atoms with Crippen molar-refractivity contribution in [1.82, 2.24) is 10.6 Å². The molecule has 1 atom stereocenters. The number of methoxy groups -OCH3 is 1. The second kappa shape index (κ2) is 13.3. The number of aliphatic imine (C=N–C) groups is 1. The van der Waals surface area contributed by atoms with Crippen LogP contribution in [0.1, 0.15) is 49.7 Å². The van der Waals surface area contributed by atoms with E-state index in [1.807, 2.05) is 0 Å². The number of amides is 2. The first-order valence-electron chi connectivity index (χ1n) is 12.4. The van der Waals surface area contributed by atoms with Gasteiger partial charge in [-0.3, -0.25) is 14.9 Å². The molecule has 206 valence electrons. The molecule has 0 aromatic heterocycles. The van der Waals surface area contributed by atoms with E-state index in [1.165, 1.54) is 49.9 Å². The van der Waals surface area contributed by atoms with Crippen molar-refractivity contribution in [3.8, 4) is 5.75 Å². The van der Waals surface area contributed by atoms with E-state index in [-0.39, 0.29) is 35.5 Å². The van der Waals surface area contributed by atoms with E-state index in [1.54, 1.807) is 6.07 Å². The van der Waals surface area contributed by atoms with Gasteiger partial charge in [-0.15, -0.1) is 0 Å². The second-order valence-electron chi connectivity index (χ2n) is 9.37. The van der Waals surface area contributed by atoms with Crippen molar-refractivity contribution < 1.29 is 27.1 Å². The minimum absolute atomic E-state index is 0.0571. The molecule has 3 rings (SSSR count). The standard InChI is InChI=1S/C26H34FN5O5S/c1-37-23-14-19(9-12-21(23)27)16-30-25(34)22(13-17-5-3-2-4-6-17)31-26(28)32-24(33)15-18-7-10-20(11-8-18)38(29,35)36/h7-12,14,17,22H,2-6,13,15-16H2,1H3,(H,30,34)(H2,29,35,36)(H3,28,31,32,33). The van der Waals surface area contributed by atoms with Crippen LogP contribution in [0, 0.1) is 11.7 Å². The number of primary sulfonamides is 1. The van der Waals surface area contributed by atoms with E-state index in [4.69, 9.17) is 15.6 Å². The first kappa shape index (κ1) is 29.1. The van der Waals surface area contributed by atoms with Crippen molar-refractivity contribution >= 4 is 27.8 Å². The van der Waals surface area contributed by atoms with Crippen LogP contribution in [0.3, 0.4) is 0 Å². The van der Waals surface area contributed by atoms with Gasteiger partial charge in [0.15, 0.2) is 17.5 Å². The summed E-state index contributed by atoms with van der Waals surface area (Å²) in [5.41, 5.74) is 7.21. The first-order valence-corrected chi connectivity index (χ1v) is 13.9. The molecule has 6 N–H and O–H groups in total. The quantitative estimate of drug-likeness (QED) is 0.263. The fourth-order valence-corrected chi connectivity index (χ4v) is 4.96. The van der Waals surface area contributed by atoms with E-state index in [9.17, 15) is 22.4 Å². The van der Waals surface area contributed by atoms with Crippen LogP contribution in [0.5, 0.6) is 5.75 Å². The van der Waals surface area contributed by atoms with Crippen LogP contribution in [0.15, 0.2) is 52.4 Å². The van der Waals surface area contributed by atoms with Gasteiger partial charge < -0.3 is 15.8 Å². The average Bonchev–Trinajstić information content (AvgIpc) is 2.88. The van der Waals surface area contributed by atoms with Crippen molar-refractivity contribution in [1.29, 1.82) is 0 Å². The Labute approximate surface area is 222 Å². The van der Waals surface area contributed by atoms with Crippen LogP contribution in [-0.4, -0.2) is 39.3 Å². The van der Waals surface area contributed by atoms with Gasteiger partial charge in [0.1, 0.15) is 6.04 Å². The zero-order valence-corrected chi connectivity index (χ0v) is 22.1. The van der Waals surface area contributed by atoms with Gasteiger partial charge in [-0.25, -0.2) is 22.9 Å². The Hall–Kier alpha value is -3.51. The largest absolute Gasteiger partial charge is 0.494 e. The Kier molecular flexibility index (Phi) is 10.2. The number of carbonyl (C=O) groups excluding carboxylic acids is 2. The third-order valence-electron chi connectivity index (χ3n) is 6.45. The lowest BCUT2D eigenvalue weighted by Crippen LogP contribution is -2.42. The molecule has 0 aliphatic heterocycles. The topological polar surface area (TPSA) is 166 Å². The molecule has 1 unspecified atom stereocenters. The molecule has 1 aliphatic rings. The zero-order chi connectivity index (χ0) is 27.7. The molecule has 1 saturated carbocycles. The van der Waals surface area contributed by atoms with Crippen molar-refractivity contribution in [2.45, 2.75) is 62.4 Å². The number of carbonyl (C=O) groups is 2. The number of guanidine groups is 1. The van der Waals surface area contributed by atoms with E-state index < -0.39 is 27.8 Å². The number of sulfonamides is 1. The van der Waals surface area contributed by atoms with Gasteiger partial charge >= 0.3 is 0 Å². The molecule has 0 bridgehead atoms. The lowest BCUT2D eigenvalue weighted by molar-refractivity contribution is -0.123. The normalized spacial score (nSPS) is 15.5. The molecule has 0 heterocycles. The molecule has 2 aromatic rings. The Morgan fingerprint density at radius 1 is 1.11 bits per heavy atom. The molecule has 1 fully saturated rings. The maximum atomic E-state index is 13.7. The average molecular weight is 548 g/mol. The zero-order valence-electron chi connectivity index (χ0n) is 21.3. The molecule has 0 spiro atoms. The Balaban J connectivity index is 1.65. The highest BCUT2D eigenvalue weighted by Gasteiger charge is 2.25. The predicted octanol–water partition coefficient (Wildman–Crippen LogP) is 2.11. The summed E-state index contributed by atoms with van der Waals surface area (Å²) in [7, 11) is -2.46. The van der Waals surface area contributed by atoms with E-state index in [0.717, 1.165) is 25.7 Å². The van der Waals surface area contributed by atoms with E-state index in [0.29, 0.717) is 23.5 Å². The molecular weight excluding hydrogens is 513 g/mol. The van der Waals surface area contributed by atoms with Gasteiger partial charge in [-0.2, -0.15) is 0 Å². The van der Waals surface area contributed by atoms with Crippen LogP contribution in [0.2, 0.25) is 0 Å². The summed E-state index contributed by atoms with van der Waals surface area (Å²) >= 11 is 0. The molecule has 38 heavy (non-hydrogen) atoms. The van der Waals surface area contributed by atoms with Crippen LogP contribution in [0.25, 0.3) is 0 Å². The van der Waals surface area contributed by atoms with Gasteiger partial charge in [0.05, 0.1) is 18.4 Å². The predicted molar refractivity (Wildman–Crippen MR) is 141 cm³/mol. The molecule has 12 heteroatoms. The number of hydrogen-bond acceptors (Lipinski definition) is 6. The monoisotopic (exact) mass is 547 g/mol. The molecule has 2 amide bonds. The summed E-state index contributed by atoms with van der Waals surface area (Å²) in [6, 6.07) is 9.13. The maximum absolute atomic E-state index is 13.7. The smallest absolute Gasteiger partial charge is 0.245 e. The molecule has 0 saturated heterocycles. The highest BCUT2D eigenvalue weighted by molar-refractivity contribution is 7.89. The Bertz CT molecular complexity index is 1260. The summed E-state index contributed by atoms with van der Waals surface area (Å²) in [6.45, 7) is 0.146. The van der Waals surface area contributed by atoms with Crippen LogP contribution in [0.4, 0.5) is 4.39 Å². The van der Waals surface area contributed by atoms with Crippen molar-refractivity contribution in [3.63, 3.8) is 0 Å². The Morgan fingerprint density at radius 3 is 2.39 bits per heavy atom. The fraction of sp³-hybridized carbons (Fsp3) is 0.423. The minimum atomic E-state index is -3.83. The first-order chi connectivity index (χ1) is 18.0.